The second kappa shape index (κ2) is 8.18. The molecule has 0 bridgehead atoms. The number of aromatic amines is 1. The first-order valence-corrected chi connectivity index (χ1v) is 11.1. The Morgan fingerprint density at radius 3 is 2.47 bits per heavy atom. The van der Waals surface area contributed by atoms with E-state index >= 15 is 0 Å². The van der Waals surface area contributed by atoms with E-state index in [1.807, 2.05) is 6.92 Å². The number of fused-ring (bicyclic) bond motifs is 1. The monoisotopic (exact) mass is 443 g/mol. The van der Waals surface area contributed by atoms with Crippen molar-refractivity contribution in [1.29, 1.82) is 5.26 Å². The number of piperidine rings is 1. The Hall–Kier alpha value is -3.56. The quantitative estimate of drug-likeness (QED) is 0.416. The molecule has 0 amide bonds. The van der Waals surface area contributed by atoms with Crippen LogP contribution in [0.1, 0.15) is 30.5 Å². The Morgan fingerprint density at radius 2 is 1.78 bits per heavy atom. The molecule has 0 atom stereocenters. The van der Waals surface area contributed by atoms with Gasteiger partial charge < -0.3 is 10.0 Å². The lowest BCUT2D eigenvalue weighted by Gasteiger charge is -2.29. The van der Waals surface area contributed by atoms with Gasteiger partial charge in [-0.1, -0.05) is 23.7 Å². The minimum Gasteiger partial charge on any atom is -0.506 e. The number of benzene rings is 2. The van der Waals surface area contributed by atoms with Crippen LogP contribution in [0, 0.1) is 18.3 Å². The Labute approximate surface area is 191 Å². The molecule has 0 unspecified atom stereocenters. The Balaban J connectivity index is 1.70. The van der Waals surface area contributed by atoms with Gasteiger partial charge in [0.25, 0.3) is 0 Å². The molecule has 0 saturated carbocycles. The second-order valence-electron chi connectivity index (χ2n) is 8.13. The number of nitrogens with zero attached hydrogens (tertiary/aromatic N) is 4. The summed E-state index contributed by atoms with van der Waals surface area (Å²) in [6, 6.07) is 15.6. The van der Waals surface area contributed by atoms with Crippen LogP contribution < -0.4 is 4.90 Å². The molecule has 2 aromatic carbocycles. The maximum Gasteiger partial charge on any atom is 0.182 e. The molecule has 160 valence electrons. The van der Waals surface area contributed by atoms with Crippen molar-refractivity contribution in [2.24, 2.45) is 0 Å². The van der Waals surface area contributed by atoms with Gasteiger partial charge in [0.15, 0.2) is 5.65 Å². The summed E-state index contributed by atoms with van der Waals surface area (Å²) >= 11 is 6.14. The van der Waals surface area contributed by atoms with Gasteiger partial charge in [0, 0.05) is 35.6 Å². The molecule has 3 heterocycles. The molecule has 0 aliphatic carbocycles. The summed E-state index contributed by atoms with van der Waals surface area (Å²) in [5.74, 6) is -0.0147. The zero-order chi connectivity index (χ0) is 22.2. The number of phenolic OH excluding ortho intramolecular Hbond substituents is 1. The number of phenols is 1. The minimum absolute atomic E-state index is 0.0147. The van der Waals surface area contributed by atoms with Crippen molar-refractivity contribution in [2.75, 3.05) is 18.0 Å². The Bertz CT molecular complexity index is 1350. The number of H-pyrrole nitrogens is 1. The van der Waals surface area contributed by atoms with Gasteiger partial charge in [0.1, 0.15) is 11.8 Å². The zero-order valence-electron chi connectivity index (χ0n) is 17.7. The molecule has 1 fully saturated rings. The highest BCUT2D eigenvalue weighted by molar-refractivity contribution is 6.32. The van der Waals surface area contributed by atoms with Gasteiger partial charge in [0.05, 0.1) is 21.7 Å². The summed E-state index contributed by atoms with van der Waals surface area (Å²) in [5.41, 5.74) is 5.92. The maximum atomic E-state index is 10.2. The van der Waals surface area contributed by atoms with E-state index in [2.05, 4.69) is 50.4 Å². The largest absolute Gasteiger partial charge is 0.506 e. The number of aromatic nitrogens is 3. The Kier molecular flexibility index (Phi) is 5.20. The number of nitrogens with one attached hydrogen (secondary N) is 1. The van der Waals surface area contributed by atoms with E-state index in [4.69, 9.17) is 11.6 Å². The molecule has 32 heavy (non-hydrogen) atoms. The fourth-order valence-corrected chi connectivity index (χ4v) is 4.63. The van der Waals surface area contributed by atoms with Gasteiger partial charge in [-0.2, -0.15) is 10.4 Å². The third-order valence-corrected chi connectivity index (χ3v) is 6.40. The first-order valence-electron chi connectivity index (χ1n) is 10.7. The lowest BCUT2D eigenvalue weighted by molar-refractivity contribution is 0.475. The molecule has 6 nitrogen and oxygen atoms in total. The van der Waals surface area contributed by atoms with E-state index in [0.717, 1.165) is 35.3 Å². The molecule has 0 spiro atoms. The van der Waals surface area contributed by atoms with Crippen molar-refractivity contribution in [3.63, 3.8) is 0 Å². The number of rotatable bonds is 3. The van der Waals surface area contributed by atoms with Crippen LogP contribution in [0.4, 0.5) is 5.69 Å². The van der Waals surface area contributed by atoms with Gasteiger partial charge in [0.2, 0.25) is 0 Å². The molecular formula is C25H22ClN5O. The number of pyridine rings is 1. The van der Waals surface area contributed by atoms with Gasteiger partial charge in [-0.15, -0.1) is 0 Å². The van der Waals surface area contributed by atoms with E-state index in [1.165, 1.54) is 31.0 Å². The zero-order valence-corrected chi connectivity index (χ0v) is 18.4. The highest BCUT2D eigenvalue weighted by Gasteiger charge is 2.22. The van der Waals surface area contributed by atoms with Crippen molar-refractivity contribution >= 4 is 28.3 Å². The first-order chi connectivity index (χ1) is 15.6. The predicted octanol–water partition coefficient (Wildman–Crippen LogP) is 5.82. The van der Waals surface area contributed by atoms with E-state index in [-0.39, 0.29) is 10.8 Å². The van der Waals surface area contributed by atoms with Crippen LogP contribution in [0.2, 0.25) is 5.02 Å². The number of hydrogen-bond acceptors (Lipinski definition) is 5. The molecule has 4 aromatic rings. The summed E-state index contributed by atoms with van der Waals surface area (Å²) in [7, 11) is 0. The summed E-state index contributed by atoms with van der Waals surface area (Å²) in [5, 5.41) is 28.4. The van der Waals surface area contributed by atoms with Crippen LogP contribution in [0.3, 0.4) is 0 Å². The van der Waals surface area contributed by atoms with Crippen LogP contribution in [-0.2, 0) is 0 Å². The fraction of sp³-hybridized carbons (Fsp3) is 0.240. The Morgan fingerprint density at radius 1 is 1.06 bits per heavy atom. The molecule has 7 heteroatoms. The SMILES string of the molecule is Cc1[nH]nc2nc(-c3ccc(O)c(Cl)c3)c(C#N)c(-c3ccc(N4CCCCC4)cc3)c12. The van der Waals surface area contributed by atoms with E-state index < -0.39 is 0 Å². The molecule has 5 rings (SSSR count). The van der Waals surface area contributed by atoms with Gasteiger partial charge in [-0.25, -0.2) is 4.98 Å². The lowest BCUT2D eigenvalue weighted by atomic mass is 9.93. The van der Waals surface area contributed by atoms with Crippen molar-refractivity contribution in [2.45, 2.75) is 26.2 Å². The fourth-order valence-electron chi connectivity index (χ4n) is 4.45. The molecule has 1 saturated heterocycles. The lowest BCUT2D eigenvalue weighted by Crippen LogP contribution is -2.29. The summed E-state index contributed by atoms with van der Waals surface area (Å²) < 4.78 is 0. The molecule has 1 aliphatic rings. The van der Waals surface area contributed by atoms with Crippen LogP contribution in [0.5, 0.6) is 5.75 Å². The maximum absolute atomic E-state index is 10.2. The van der Waals surface area contributed by atoms with Crippen molar-refractivity contribution in [3.05, 3.63) is 58.7 Å². The number of hydrogen-bond donors (Lipinski definition) is 2. The number of anilines is 1. The van der Waals surface area contributed by atoms with Crippen molar-refractivity contribution < 1.29 is 5.11 Å². The van der Waals surface area contributed by atoms with E-state index in [9.17, 15) is 10.4 Å². The highest BCUT2D eigenvalue weighted by atomic mass is 35.5. The summed E-state index contributed by atoms with van der Waals surface area (Å²) in [6.45, 7) is 4.09. The smallest absolute Gasteiger partial charge is 0.182 e. The van der Waals surface area contributed by atoms with Crippen LogP contribution in [-0.4, -0.2) is 33.4 Å². The normalized spacial score (nSPS) is 14.0. The summed E-state index contributed by atoms with van der Waals surface area (Å²) in [4.78, 5) is 7.08. The topological polar surface area (TPSA) is 88.8 Å². The molecule has 2 aromatic heterocycles. The van der Waals surface area contributed by atoms with E-state index in [1.54, 1.807) is 12.1 Å². The van der Waals surface area contributed by atoms with Gasteiger partial charge in [-0.05, 0) is 62.1 Å². The van der Waals surface area contributed by atoms with Crippen LogP contribution >= 0.6 is 11.6 Å². The predicted molar refractivity (Wildman–Crippen MR) is 127 cm³/mol. The number of aromatic hydroxyl groups is 1. The standard InChI is InChI=1S/C25H22ClN5O/c1-15-22-23(16-5-8-18(9-6-16)31-11-3-2-4-12-31)19(14-27)24(28-25(22)30-29-15)17-7-10-21(32)20(26)13-17/h5-10,13,32H,2-4,11-12H2,1H3,(H,28,29,30). The molecular weight excluding hydrogens is 422 g/mol. The third-order valence-electron chi connectivity index (χ3n) is 6.09. The minimum atomic E-state index is -0.0147. The number of aryl methyl sites for hydroxylation is 1. The van der Waals surface area contributed by atoms with Crippen molar-refractivity contribution in [1.82, 2.24) is 15.2 Å². The third kappa shape index (κ3) is 3.45. The van der Waals surface area contributed by atoms with Gasteiger partial charge >= 0.3 is 0 Å². The second-order valence-corrected chi connectivity index (χ2v) is 8.54. The average molecular weight is 444 g/mol. The van der Waals surface area contributed by atoms with Crippen molar-refractivity contribution in [3.8, 4) is 34.2 Å². The highest BCUT2D eigenvalue weighted by Crippen LogP contribution is 2.39. The molecule has 0 radical (unpaired) electrons. The molecule has 2 N–H and O–H groups in total. The van der Waals surface area contributed by atoms with Crippen LogP contribution in [0.15, 0.2) is 42.5 Å². The van der Waals surface area contributed by atoms with Gasteiger partial charge in [-0.3, -0.25) is 5.10 Å². The number of nitriles is 1. The van der Waals surface area contributed by atoms with E-state index in [0.29, 0.717) is 22.5 Å². The van der Waals surface area contributed by atoms with Crippen LogP contribution in [0.25, 0.3) is 33.4 Å². The summed E-state index contributed by atoms with van der Waals surface area (Å²) in [6.07, 6.45) is 3.73. The first kappa shape index (κ1) is 20.3. The number of halogens is 1. The average Bonchev–Trinajstić information content (AvgIpc) is 3.20. The molecule has 1 aliphatic heterocycles.